The Morgan fingerprint density at radius 1 is 0.885 bits per heavy atom. The van der Waals surface area contributed by atoms with E-state index in [1.54, 1.807) is 44.3 Å². The molecule has 3 aromatic rings. The first-order valence-electron chi connectivity index (χ1n) is 7.94. The Bertz CT molecular complexity index is 1010. The van der Waals surface area contributed by atoms with Crippen LogP contribution >= 0.6 is 0 Å². The molecule has 0 unspecified atom stereocenters. The standard InChI is InChI=1S/C19H19N3O3S/c1-19(2,23)14-5-9-17(21-11-14)13-3-6-15(7-4-13)26(24,25)16-8-10-18(20)22-12-16/h3-12,23H,1-2H3,(H2,20,22). The molecule has 1 aromatic carbocycles. The van der Waals surface area contributed by atoms with Crippen LogP contribution in [0.25, 0.3) is 11.3 Å². The maximum atomic E-state index is 12.6. The number of benzene rings is 1. The van der Waals surface area contributed by atoms with Gasteiger partial charge in [0.05, 0.1) is 21.1 Å². The minimum absolute atomic E-state index is 0.0899. The number of aliphatic hydroxyl groups is 1. The highest BCUT2D eigenvalue weighted by atomic mass is 32.2. The zero-order chi connectivity index (χ0) is 18.9. The molecule has 0 amide bonds. The normalized spacial score (nSPS) is 12.1. The molecule has 0 radical (unpaired) electrons. The number of hydrogen-bond acceptors (Lipinski definition) is 6. The Morgan fingerprint density at radius 3 is 2.04 bits per heavy atom. The number of pyridine rings is 2. The van der Waals surface area contributed by atoms with Crippen LogP contribution in [0, 0.1) is 0 Å². The third kappa shape index (κ3) is 3.58. The Labute approximate surface area is 152 Å². The van der Waals surface area contributed by atoms with Gasteiger partial charge in [-0.3, -0.25) is 4.98 Å². The minimum Gasteiger partial charge on any atom is -0.386 e. The lowest BCUT2D eigenvalue weighted by Crippen LogP contribution is -2.15. The Balaban J connectivity index is 1.90. The number of hydrogen-bond donors (Lipinski definition) is 2. The molecule has 7 heteroatoms. The van der Waals surface area contributed by atoms with E-state index in [-0.39, 0.29) is 15.6 Å². The van der Waals surface area contributed by atoms with Crippen molar-refractivity contribution >= 4 is 15.7 Å². The minimum atomic E-state index is -3.65. The largest absolute Gasteiger partial charge is 0.386 e. The molecule has 6 nitrogen and oxygen atoms in total. The van der Waals surface area contributed by atoms with E-state index in [1.165, 1.54) is 30.5 Å². The van der Waals surface area contributed by atoms with E-state index >= 15 is 0 Å². The second kappa shape index (κ2) is 6.51. The van der Waals surface area contributed by atoms with Crippen molar-refractivity contribution in [1.29, 1.82) is 0 Å². The van der Waals surface area contributed by atoms with Gasteiger partial charge in [-0.15, -0.1) is 0 Å². The van der Waals surface area contributed by atoms with Gasteiger partial charge in [0.25, 0.3) is 0 Å². The predicted octanol–water partition coefficient (Wildman–Crippen LogP) is 2.79. The van der Waals surface area contributed by atoms with Crippen LogP contribution in [-0.4, -0.2) is 23.5 Å². The summed E-state index contributed by atoms with van der Waals surface area (Å²) >= 11 is 0. The van der Waals surface area contributed by atoms with Gasteiger partial charge in [0, 0.05) is 23.5 Å². The van der Waals surface area contributed by atoms with Gasteiger partial charge in [0.1, 0.15) is 5.82 Å². The molecule has 0 aliphatic heterocycles. The Hall–Kier alpha value is -2.77. The molecule has 0 atom stereocenters. The van der Waals surface area contributed by atoms with Crippen LogP contribution < -0.4 is 5.73 Å². The highest BCUT2D eigenvalue weighted by Crippen LogP contribution is 2.25. The van der Waals surface area contributed by atoms with Gasteiger partial charge in [-0.2, -0.15) is 0 Å². The molecule has 0 saturated heterocycles. The third-order valence-electron chi connectivity index (χ3n) is 4.00. The van der Waals surface area contributed by atoms with Gasteiger partial charge in [-0.25, -0.2) is 13.4 Å². The van der Waals surface area contributed by atoms with Crippen molar-refractivity contribution in [1.82, 2.24) is 9.97 Å². The molecule has 2 heterocycles. The molecule has 0 bridgehead atoms. The highest BCUT2D eigenvalue weighted by molar-refractivity contribution is 7.91. The Morgan fingerprint density at radius 2 is 1.54 bits per heavy atom. The van der Waals surface area contributed by atoms with Crippen molar-refractivity contribution in [3.05, 3.63) is 66.5 Å². The first-order valence-corrected chi connectivity index (χ1v) is 9.42. The fourth-order valence-corrected chi connectivity index (χ4v) is 3.62. The Kier molecular flexibility index (Phi) is 4.52. The molecule has 0 aliphatic carbocycles. The average molecular weight is 369 g/mol. The number of nitrogens with two attached hydrogens (primary N) is 1. The third-order valence-corrected chi connectivity index (χ3v) is 5.75. The number of sulfone groups is 1. The van der Waals surface area contributed by atoms with E-state index in [4.69, 9.17) is 5.73 Å². The molecule has 3 rings (SSSR count). The van der Waals surface area contributed by atoms with E-state index in [2.05, 4.69) is 9.97 Å². The highest BCUT2D eigenvalue weighted by Gasteiger charge is 2.19. The summed E-state index contributed by atoms with van der Waals surface area (Å²) in [6.07, 6.45) is 2.86. The molecule has 0 spiro atoms. The van der Waals surface area contributed by atoms with Crippen molar-refractivity contribution in [2.45, 2.75) is 29.2 Å². The number of rotatable bonds is 4. The van der Waals surface area contributed by atoms with Gasteiger partial charge in [0.2, 0.25) is 9.84 Å². The SMILES string of the molecule is CC(C)(O)c1ccc(-c2ccc(S(=O)(=O)c3ccc(N)nc3)cc2)nc1. The second-order valence-corrected chi connectivity index (χ2v) is 8.39. The molecule has 2 aromatic heterocycles. The fraction of sp³-hybridized carbons (Fsp3) is 0.158. The van der Waals surface area contributed by atoms with Gasteiger partial charge < -0.3 is 10.8 Å². The van der Waals surface area contributed by atoms with E-state index in [0.717, 1.165) is 5.56 Å². The van der Waals surface area contributed by atoms with Crippen LogP contribution in [-0.2, 0) is 15.4 Å². The fourth-order valence-electron chi connectivity index (χ4n) is 2.42. The number of nitrogen functional groups attached to an aromatic ring is 1. The van der Waals surface area contributed by atoms with Crippen LogP contribution in [0.3, 0.4) is 0 Å². The topological polar surface area (TPSA) is 106 Å². The van der Waals surface area contributed by atoms with E-state index in [0.29, 0.717) is 11.3 Å². The van der Waals surface area contributed by atoms with Crippen molar-refractivity contribution in [3.63, 3.8) is 0 Å². The molecular formula is C19H19N3O3S. The van der Waals surface area contributed by atoms with Crippen LogP contribution in [0.5, 0.6) is 0 Å². The summed E-state index contributed by atoms with van der Waals surface area (Å²) < 4.78 is 25.2. The zero-order valence-electron chi connectivity index (χ0n) is 14.4. The number of aromatic nitrogens is 2. The summed E-state index contributed by atoms with van der Waals surface area (Å²) in [5, 5.41) is 9.98. The van der Waals surface area contributed by atoms with Crippen molar-refractivity contribution < 1.29 is 13.5 Å². The van der Waals surface area contributed by atoms with Gasteiger partial charge in [-0.1, -0.05) is 18.2 Å². The summed E-state index contributed by atoms with van der Waals surface area (Å²) in [4.78, 5) is 8.43. The van der Waals surface area contributed by atoms with Crippen LogP contribution in [0.4, 0.5) is 5.82 Å². The van der Waals surface area contributed by atoms with Crippen LogP contribution in [0.15, 0.2) is 70.7 Å². The van der Waals surface area contributed by atoms with Crippen molar-refractivity contribution in [2.24, 2.45) is 0 Å². The van der Waals surface area contributed by atoms with E-state index < -0.39 is 15.4 Å². The summed E-state index contributed by atoms with van der Waals surface area (Å²) in [7, 11) is -3.65. The molecule has 0 aliphatic rings. The van der Waals surface area contributed by atoms with Crippen LogP contribution in [0.2, 0.25) is 0 Å². The van der Waals surface area contributed by atoms with E-state index in [1.807, 2.05) is 0 Å². The quantitative estimate of drug-likeness (QED) is 0.732. The zero-order valence-corrected chi connectivity index (χ0v) is 15.2. The summed E-state index contributed by atoms with van der Waals surface area (Å²) in [6.45, 7) is 3.38. The molecule has 0 saturated carbocycles. The maximum Gasteiger partial charge on any atom is 0.208 e. The summed E-state index contributed by atoms with van der Waals surface area (Å²) in [5.74, 6) is 0.264. The maximum absolute atomic E-state index is 12.6. The second-order valence-electron chi connectivity index (χ2n) is 6.44. The lowest BCUT2D eigenvalue weighted by Gasteiger charge is -2.17. The smallest absolute Gasteiger partial charge is 0.208 e. The van der Waals surface area contributed by atoms with Gasteiger partial charge >= 0.3 is 0 Å². The molecule has 3 N–H and O–H groups in total. The van der Waals surface area contributed by atoms with E-state index in [9.17, 15) is 13.5 Å². The lowest BCUT2D eigenvalue weighted by molar-refractivity contribution is 0.0782. The average Bonchev–Trinajstić information content (AvgIpc) is 2.62. The van der Waals surface area contributed by atoms with Crippen molar-refractivity contribution in [2.75, 3.05) is 5.73 Å². The molecule has 26 heavy (non-hydrogen) atoms. The lowest BCUT2D eigenvalue weighted by atomic mass is 10.00. The molecule has 0 fully saturated rings. The van der Waals surface area contributed by atoms with Crippen LogP contribution in [0.1, 0.15) is 19.4 Å². The molecular weight excluding hydrogens is 350 g/mol. The van der Waals surface area contributed by atoms with Gasteiger partial charge in [0.15, 0.2) is 0 Å². The first-order chi connectivity index (χ1) is 12.2. The number of nitrogens with zero attached hydrogens (tertiary/aromatic N) is 2. The monoisotopic (exact) mass is 369 g/mol. The number of anilines is 1. The summed E-state index contributed by atoms with van der Waals surface area (Å²) in [5.41, 5.74) is 6.72. The first kappa shape index (κ1) is 18.0. The van der Waals surface area contributed by atoms with Gasteiger partial charge in [-0.05, 0) is 44.2 Å². The van der Waals surface area contributed by atoms with Crippen molar-refractivity contribution in [3.8, 4) is 11.3 Å². The molecule has 134 valence electrons. The summed E-state index contributed by atoms with van der Waals surface area (Å²) in [6, 6.07) is 12.9. The predicted molar refractivity (Wildman–Crippen MR) is 99.0 cm³/mol.